The fourth-order valence-electron chi connectivity index (χ4n) is 2.34. The Labute approximate surface area is 171 Å². The number of carbonyl (C=O) groups excluding carboxylic acids is 1. The lowest BCUT2D eigenvalue weighted by Crippen LogP contribution is -2.28. The number of amides is 1. The summed E-state index contributed by atoms with van der Waals surface area (Å²) in [6, 6.07) is 4.78. The van der Waals surface area contributed by atoms with Crippen LogP contribution in [0, 0.1) is 34.6 Å². The zero-order valence-corrected chi connectivity index (χ0v) is 15.9. The highest BCUT2D eigenvalue weighted by Crippen LogP contribution is 2.37. The molecule has 0 saturated carbocycles. The van der Waals surface area contributed by atoms with Gasteiger partial charge in [-0.1, -0.05) is 23.2 Å². The molecule has 0 bridgehead atoms. The lowest BCUT2D eigenvalue weighted by molar-refractivity contribution is -0.126. The summed E-state index contributed by atoms with van der Waals surface area (Å²) in [5.41, 5.74) is -2.73. The summed E-state index contributed by atoms with van der Waals surface area (Å²) in [5.74, 6) is -10.9. The van der Waals surface area contributed by atoms with Crippen LogP contribution in [-0.2, 0) is 11.3 Å². The van der Waals surface area contributed by atoms with Crippen LogP contribution in [0.2, 0.25) is 10.0 Å². The third-order valence-electron chi connectivity index (χ3n) is 3.80. The van der Waals surface area contributed by atoms with Crippen LogP contribution in [0.5, 0.6) is 5.75 Å². The maximum Gasteiger partial charge on any atom is 0.268 e. The molecule has 0 spiro atoms. The van der Waals surface area contributed by atoms with Gasteiger partial charge in [-0.15, -0.1) is 0 Å². The van der Waals surface area contributed by atoms with Crippen molar-refractivity contribution >= 4 is 34.9 Å². The van der Waals surface area contributed by atoms with Crippen LogP contribution in [0.3, 0.4) is 0 Å². The normalized spacial score (nSPS) is 11.7. The van der Waals surface area contributed by atoms with Gasteiger partial charge in [0.1, 0.15) is 16.9 Å². The van der Waals surface area contributed by atoms with Gasteiger partial charge in [-0.2, -0.15) is 9.65 Å². The van der Waals surface area contributed by atoms with Crippen molar-refractivity contribution in [3.63, 3.8) is 0 Å². The molecule has 0 aromatic heterocycles. The number of likely N-dealkylation sites (N-methyl/N-ethyl adjacent to an activating group) is 1. The molecule has 0 heterocycles. The Balaban J connectivity index is 2.52. The van der Waals surface area contributed by atoms with Crippen molar-refractivity contribution in [2.45, 2.75) is 6.54 Å². The number of aliphatic hydroxyl groups excluding tert-OH is 1. The number of nitrogens with zero attached hydrogens (tertiary/aromatic N) is 2. The zero-order valence-electron chi connectivity index (χ0n) is 14.4. The Morgan fingerprint density at radius 2 is 1.79 bits per heavy atom. The number of rotatable bonds is 4. The van der Waals surface area contributed by atoms with Crippen molar-refractivity contribution in [1.29, 1.82) is 5.26 Å². The van der Waals surface area contributed by atoms with Crippen LogP contribution in [0.4, 0.5) is 17.6 Å². The largest absolute Gasteiger partial charge is 0.505 e. The minimum absolute atomic E-state index is 0.0405. The van der Waals surface area contributed by atoms with Crippen LogP contribution >= 0.6 is 23.2 Å². The molecule has 0 aliphatic heterocycles. The summed E-state index contributed by atoms with van der Waals surface area (Å²) in [6.45, 7) is -0.417. The van der Waals surface area contributed by atoms with Crippen molar-refractivity contribution in [1.82, 2.24) is 4.90 Å². The molecule has 5 nitrogen and oxygen atoms in total. The zero-order chi connectivity index (χ0) is 22.0. The van der Waals surface area contributed by atoms with Gasteiger partial charge < -0.3 is 15.1 Å². The standard InChI is InChI=1S/C18H10Cl2F4N2O3/c1-26(6-7-4-8(19)2-3-10(7)21)18(29)9(5-25)16(27)11-13(22)12(20)17(28)15(24)14(11)23/h2-4,27-28H,6H2,1H3/b16-9-. The second kappa shape index (κ2) is 8.59. The number of aromatic hydroxyl groups is 1. The molecule has 0 saturated heterocycles. The number of hydrogen-bond donors (Lipinski definition) is 2. The molecule has 2 aromatic rings. The van der Waals surface area contributed by atoms with Crippen LogP contribution in [0.15, 0.2) is 23.8 Å². The number of nitriles is 1. The first-order valence-electron chi connectivity index (χ1n) is 7.59. The summed E-state index contributed by atoms with van der Waals surface area (Å²) in [7, 11) is 1.12. The summed E-state index contributed by atoms with van der Waals surface area (Å²) in [4.78, 5) is 13.2. The van der Waals surface area contributed by atoms with E-state index < -0.39 is 63.4 Å². The van der Waals surface area contributed by atoms with E-state index in [-0.39, 0.29) is 10.6 Å². The SMILES string of the molecule is CN(Cc1cc(Cl)ccc1F)C(=O)/C(C#N)=C(\O)c1c(F)c(F)c(O)c(Cl)c1F. The molecule has 2 aromatic carbocycles. The fraction of sp³-hybridized carbons (Fsp3) is 0.111. The average molecular weight is 449 g/mol. The number of carbonyl (C=O) groups is 1. The van der Waals surface area contributed by atoms with Crippen LogP contribution in [0.1, 0.15) is 11.1 Å². The van der Waals surface area contributed by atoms with E-state index in [1.165, 1.54) is 18.2 Å². The smallest absolute Gasteiger partial charge is 0.268 e. The quantitative estimate of drug-likeness (QED) is 0.233. The summed E-state index contributed by atoms with van der Waals surface area (Å²) < 4.78 is 55.7. The molecule has 152 valence electrons. The molecule has 11 heteroatoms. The number of phenols is 1. The molecule has 0 fully saturated rings. The summed E-state index contributed by atoms with van der Waals surface area (Å²) in [6.07, 6.45) is 0. The highest BCUT2D eigenvalue weighted by Gasteiger charge is 2.30. The van der Waals surface area contributed by atoms with Crippen LogP contribution in [0.25, 0.3) is 5.76 Å². The van der Waals surface area contributed by atoms with Crippen molar-refractivity contribution in [2.24, 2.45) is 0 Å². The predicted molar refractivity (Wildman–Crippen MR) is 96.0 cm³/mol. The van der Waals surface area contributed by atoms with Gasteiger partial charge in [-0.3, -0.25) is 4.79 Å². The minimum atomic E-state index is -2.06. The molecule has 1 amide bonds. The molecule has 2 rings (SSSR count). The Kier molecular flexibility index (Phi) is 6.62. The van der Waals surface area contributed by atoms with Gasteiger partial charge in [-0.05, 0) is 18.2 Å². The van der Waals surface area contributed by atoms with Gasteiger partial charge >= 0.3 is 0 Å². The van der Waals surface area contributed by atoms with Gasteiger partial charge in [0.25, 0.3) is 5.91 Å². The van der Waals surface area contributed by atoms with E-state index in [4.69, 9.17) is 23.2 Å². The minimum Gasteiger partial charge on any atom is -0.505 e. The van der Waals surface area contributed by atoms with E-state index in [1.54, 1.807) is 0 Å². The fourth-order valence-corrected chi connectivity index (χ4v) is 2.71. The molecule has 0 aliphatic carbocycles. The maximum atomic E-state index is 14.2. The molecule has 0 radical (unpaired) electrons. The van der Waals surface area contributed by atoms with Gasteiger partial charge in [-0.25, -0.2) is 13.2 Å². The highest BCUT2D eigenvalue weighted by molar-refractivity contribution is 6.32. The maximum absolute atomic E-state index is 14.2. The molecule has 0 unspecified atom stereocenters. The molecular weight excluding hydrogens is 439 g/mol. The topological polar surface area (TPSA) is 84.6 Å². The number of halogens is 6. The summed E-state index contributed by atoms with van der Waals surface area (Å²) in [5, 5.41) is 27.4. The lowest BCUT2D eigenvalue weighted by Gasteiger charge is -2.18. The Morgan fingerprint density at radius 3 is 2.38 bits per heavy atom. The second-order valence-corrected chi connectivity index (χ2v) is 6.53. The van der Waals surface area contributed by atoms with Crippen molar-refractivity contribution in [3.05, 3.63) is 68.2 Å². The summed E-state index contributed by atoms with van der Waals surface area (Å²) >= 11 is 11.1. The molecular formula is C18H10Cl2F4N2O3. The van der Waals surface area contributed by atoms with Crippen molar-refractivity contribution < 1.29 is 32.6 Å². The van der Waals surface area contributed by atoms with E-state index in [1.807, 2.05) is 0 Å². The Morgan fingerprint density at radius 1 is 1.17 bits per heavy atom. The van der Waals surface area contributed by atoms with Crippen LogP contribution in [-0.4, -0.2) is 28.1 Å². The van der Waals surface area contributed by atoms with E-state index >= 15 is 0 Å². The van der Waals surface area contributed by atoms with Crippen molar-refractivity contribution in [2.75, 3.05) is 7.05 Å². The first-order valence-corrected chi connectivity index (χ1v) is 8.34. The first-order chi connectivity index (χ1) is 13.5. The number of phenolic OH excluding ortho intramolecular Hbond substituents is 1. The van der Waals surface area contributed by atoms with E-state index in [9.17, 15) is 37.8 Å². The molecule has 2 N–H and O–H groups in total. The molecule has 0 aliphatic rings. The Bertz CT molecular complexity index is 1050. The van der Waals surface area contributed by atoms with Gasteiger partial charge in [0.05, 0.1) is 5.56 Å². The predicted octanol–water partition coefficient (Wildman–Crippen LogP) is 4.71. The van der Waals surface area contributed by atoms with Gasteiger partial charge in [0.15, 0.2) is 28.7 Å². The monoisotopic (exact) mass is 448 g/mol. The third kappa shape index (κ3) is 4.23. The molecule has 0 atom stereocenters. The van der Waals surface area contributed by atoms with Gasteiger partial charge in [0, 0.05) is 24.2 Å². The van der Waals surface area contributed by atoms with Crippen molar-refractivity contribution in [3.8, 4) is 11.8 Å². The third-order valence-corrected chi connectivity index (χ3v) is 4.38. The Hall–Kier alpha value is -2.96. The van der Waals surface area contributed by atoms with E-state index in [0.29, 0.717) is 0 Å². The first kappa shape index (κ1) is 22.3. The van der Waals surface area contributed by atoms with E-state index in [2.05, 4.69) is 0 Å². The van der Waals surface area contributed by atoms with Gasteiger partial charge in [0.2, 0.25) is 5.82 Å². The number of aliphatic hydroxyl groups is 1. The van der Waals surface area contributed by atoms with Crippen LogP contribution < -0.4 is 0 Å². The number of hydrogen-bond acceptors (Lipinski definition) is 4. The highest BCUT2D eigenvalue weighted by atomic mass is 35.5. The lowest BCUT2D eigenvalue weighted by atomic mass is 10.1. The average Bonchev–Trinajstić information content (AvgIpc) is 2.68. The number of benzene rings is 2. The van der Waals surface area contributed by atoms with E-state index in [0.717, 1.165) is 18.0 Å². The second-order valence-electron chi connectivity index (χ2n) is 5.71. The molecule has 29 heavy (non-hydrogen) atoms.